The summed E-state index contributed by atoms with van der Waals surface area (Å²) in [4.78, 5) is 24.9. The van der Waals surface area contributed by atoms with E-state index in [1.807, 2.05) is 12.1 Å². The predicted octanol–water partition coefficient (Wildman–Crippen LogP) is 3.64. The van der Waals surface area contributed by atoms with Crippen LogP contribution in [-0.4, -0.2) is 30.2 Å². The summed E-state index contributed by atoms with van der Waals surface area (Å²) in [6.45, 7) is 6.61. The molecule has 0 unspecified atom stereocenters. The summed E-state index contributed by atoms with van der Waals surface area (Å²) in [6, 6.07) is 8.60. The Kier molecular flexibility index (Phi) is 7.36. The summed E-state index contributed by atoms with van der Waals surface area (Å²) < 4.78 is 0. The molecule has 138 valence electrons. The highest BCUT2D eigenvalue weighted by Gasteiger charge is 2.16. The lowest BCUT2D eigenvalue weighted by Crippen LogP contribution is -2.43. The zero-order valence-electron chi connectivity index (χ0n) is 15.6. The van der Waals surface area contributed by atoms with E-state index in [-0.39, 0.29) is 29.8 Å². The first kappa shape index (κ1) is 19.8. The molecule has 1 saturated carbocycles. The lowest BCUT2D eigenvalue weighted by molar-refractivity contribution is -0.125. The second-order valence-electron chi connectivity index (χ2n) is 7.74. The first-order chi connectivity index (χ1) is 11.8. The van der Waals surface area contributed by atoms with E-state index < -0.39 is 0 Å². The molecule has 1 aromatic rings. The van der Waals surface area contributed by atoms with Crippen LogP contribution in [0.25, 0.3) is 0 Å². The molecule has 0 bridgehead atoms. The Morgan fingerprint density at radius 2 is 1.68 bits per heavy atom. The molecule has 2 N–H and O–H groups in total. The number of rotatable bonds is 6. The minimum absolute atomic E-state index is 0.0683. The molecule has 1 fully saturated rings. The van der Waals surface area contributed by atoms with Crippen LogP contribution in [0, 0.1) is 0 Å². The van der Waals surface area contributed by atoms with Gasteiger partial charge in [0.2, 0.25) is 11.8 Å². The molecule has 5 heteroatoms. The Bertz CT molecular complexity index is 572. The first-order valence-corrected chi connectivity index (χ1v) is 10.1. The van der Waals surface area contributed by atoms with Gasteiger partial charge in [-0.1, -0.05) is 52.2 Å². The van der Waals surface area contributed by atoms with Crippen molar-refractivity contribution in [1.29, 1.82) is 0 Å². The van der Waals surface area contributed by atoms with Crippen molar-refractivity contribution in [3.8, 4) is 0 Å². The molecule has 2 rings (SSSR count). The number of hydrogen-bond donors (Lipinski definition) is 2. The third-order valence-electron chi connectivity index (χ3n) is 4.51. The Balaban J connectivity index is 1.67. The van der Waals surface area contributed by atoms with Crippen LogP contribution >= 0.6 is 11.8 Å². The SMILES string of the molecule is CC(C)(C)c1ccc(SCC(=O)NCC(=O)NC2CCCCC2)cc1. The van der Waals surface area contributed by atoms with Crippen molar-refractivity contribution in [3.63, 3.8) is 0 Å². The van der Waals surface area contributed by atoms with E-state index in [4.69, 9.17) is 0 Å². The Morgan fingerprint density at radius 3 is 2.28 bits per heavy atom. The smallest absolute Gasteiger partial charge is 0.239 e. The molecule has 0 saturated heterocycles. The van der Waals surface area contributed by atoms with Gasteiger partial charge in [-0.25, -0.2) is 0 Å². The van der Waals surface area contributed by atoms with E-state index in [0.717, 1.165) is 17.7 Å². The maximum Gasteiger partial charge on any atom is 0.239 e. The molecular formula is C20H30N2O2S. The van der Waals surface area contributed by atoms with Crippen LogP contribution in [0.2, 0.25) is 0 Å². The number of benzene rings is 1. The summed E-state index contributed by atoms with van der Waals surface area (Å²) in [5.74, 6) is 0.134. The van der Waals surface area contributed by atoms with Crippen molar-refractivity contribution in [3.05, 3.63) is 29.8 Å². The second-order valence-corrected chi connectivity index (χ2v) is 8.79. The molecule has 0 spiro atoms. The third-order valence-corrected chi connectivity index (χ3v) is 5.52. The molecule has 1 aromatic carbocycles. The van der Waals surface area contributed by atoms with Crippen molar-refractivity contribution in [1.82, 2.24) is 10.6 Å². The van der Waals surface area contributed by atoms with E-state index in [2.05, 4.69) is 43.5 Å². The summed E-state index contributed by atoms with van der Waals surface area (Å²) in [7, 11) is 0. The van der Waals surface area contributed by atoms with Gasteiger partial charge in [0.25, 0.3) is 0 Å². The number of amides is 2. The second kappa shape index (κ2) is 9.27. The lowest BCUT2D eigenvalue weighted by atomic mass is 9.87. The highest BCUT2D eigenvalue weighted by Crippen LogP contribution is 2.25. The molecule has 0 aromatic heterocycles. The fourth-order valence-corrected chi connectivity index (χ4v) is 3.68. The van der Waals surface area contributed by atoms with Gasteiger partial charge in [-0.05, 0) is 36.0 Å². The Labute approximate surface area is 155 Å². The van der Waals surface area contributed by atoms with Crippen LogP contribution in [-0.2, 0) is 15.0 Å². The van der Waals surface area contributed by atoms with Crippen molar-refractivity contribution in [2.45, 2.75) is 69.2 Å². The van der Waals surface area contributed by atoms with Crippen molar-refractivity contribution in [2.24, 2.45) is 0 Å². The van der Waals surface area contributed by atoms with Crippen LogP contribution < -0.4 is 10.6 Å². The highest BCUT2D eigenvalue weighted by molar-refractivity contribution is 8.00. The van der Waals surface area contributed by atoms with Crippen LogP contribution in [0.15, 0.2) is 29.2 Å². The lowest BCUT2D eigenvalue weighted by Gasteiger charge is -2.22. The van der Waals surface area contributed by atoms with Gasteiger partial charge in [0.1, 0.15) is 0 Å². The predicted molar refractivity (Wildman–Crippen MR) is 104 cm³/mol. The van der Waals surface area contributed by atoms with Gasteiger partial charge in [0.05, 0.1) is 12.3 Å². The maximum atomic E-state index is 11.9. The fourth-order valence-electron chi connectivity index (χ4n) is 2.96. The Morgan fingerprint density at radius 1 is 1.04 bits per heavy atom. The summed E-state index contributed by atoms with van der Waals surface area (Å²) in [5.41, 5.74) is 1.41. The number of thioether (sulfide) groups is 1. The van der Waals surface area contributed by atoms with Crippen molar-refractivity contribution < 1.29 is 9.59 Å². The third kappa shape index (κ3) is 7.10. The maximum absolute atomic E-state index is 11.9. The highest BCUT2D eigenvalue weighted by atomic mass is 32.2. The number of hydrogen-bond acceptors (Lipinski definition) is 3. The van der Waals surface area contributed by atoms with E-state index in [0.29, 0.717) is 5.75 Å². The van der Waals surface area contributed by atoms with Crippen molar-refractivity contribution >= 4 is 23.6 Å². The molecule has 0 radical (unpaired) electrons. The number of nitrogens with one attached hydrogen (secondary N) is 2. The van der Waals surface area contributed by atoms with Gasteiger partial charge >= 0.3 is 0 Å². The van der Waals surface area contributed by atoms with E-state index in [1.165, 1.54) is 36.6 Å². The van der Waals surface area contributed by atoms with E-state index in [9.17, 15) is 9.59 Å². The average molecular weight is 363 g/mol. The van der Waals surface area contributed by atoms with E-state index in [1.54, 1.807) is 0 Å². The standard InChI is InChI=1S/C20H30N2O2S/c1-20(2,3)15-9-11-17(12-10-15)25-14-19(24)21-13-18(23)22-16-7-5-4-6-8-16/h9-12,16H,4-8,13-14H2,1-3H3,(H,21,24)(H,22,23). The molecule has 2 amide bonds. The van der Waals surface area contributed by atoms with Crippen molar-refractivity contribution in [2.75, 3.05) is 12.3 Å². The molecule has 1 aliphatic rings. The van der Waals surface area contributed by atoms with Gasteiger partial charge in [0.15, 0.2) is 0 Å². The van der Waals surface area contributed by atoms with Crippen LogP contribution in [0.3, 0.4) is 0 Å². The summed E-state index contributed by atoms with van der Waals surface area (Å²) >= 11 is 1.49. The van der Waals surface area contributed by atoms with Gasteiger partial charge in [0, 0.05) is 10.9 Å². The molecule has 0 heterocycles. The molecular weight excluding hydrogens is 332 g/mol. The monoisotopic (exact) mass is 362 g/mol. The van der Waals surface area contributed by atoms with E-state index >= 15 is 0 Å². The first-order valence-electron chi connectivity index (χ1n) is 9.14. The zero-order valence-corrected chi connectivity index (χ0v) is 16.4. The topological polar surface area (TPSA) is 58.2 Å². The molecule has 0 atom stereocenters. The average Bonchev–Trinajstić information content (AvgIpc) is 2.58. The zero-order chi connectivity index (χ0) is 18.3. The van der Waals surface area contributed by atoms with Gasteiger partial charge in [-0.15, -0.1) is 11.8 Å². The molecule has 1 aliphatic carbocycles. The normalized spacial score (nSPS) is 15.6. The summed E-state index contributed by atoms with van der Waals surface area (Å²) in [6.07, 6.45) is 5.74. The Hall–Kier alpha value is -1.49. The van der Waals surface area contributed by atoms with Crippen LogP contribution in [0.4, 0.5) is 0 Å². The quantitative estimate of drug-likeness (QED) is 0.760. The molecule has 0 aliphatic heterocycles. The van der Waals surface area contributed by atoms with Crippen LogP contribution in [0.1, 0.15) is 58.4 Å². The minimum Gasteiger partial charge on any atom is -0.352 e. The van der Waals surface area contributed by atoms with Gasteiger partial charge in [-0.3, -0.25) is 9.59 Å². The van der Waals surface area contributed by atoms with Crippen LogP contribution in [0.5, 0.6) is 0 Å². The van der Waals surface area contributed by atoms with Gasteiger partial charge in [-0.2, -0.15) is 0 Å². The molecule has 4 nitrogen and oxygen atoms in total. The fraction of sp³-hybridized carbons (Fsp3) is 0.600. The van der Waals surface area contributed by atoms with Gasteiger partial charge < -0.3 is 10.6 Å². The summed E-state index contributed by atoms with van der Waals surface area (Å²) in [5, 5.41) is 5.71. The number of carbonyl (C=O) groups excluding carboxylic acids is 2. The minimum atomic E-state index is -0.108. The number of carbonyl (C=O) groups is 2. The molecule has 25 heavy (non-hydrogen) atoms. The largest absolute Gasteiger partial charge is 0.352 e.